The van der Waals surface area contributed by atoms with Gasteiger partial charge in [-0.15, -0.1) is 0 Å². The molecule has 0 radical (unpaired) electrons. The van der Waals surface area contributed by atoms with Gasteiger partial charge in [-0.05, 0) is 178 Å². The SMILES string of the molecule is COc1ccc(CNC(=O)c2ccc(C)n(-c3ccc(C)c(Cl)c3)c2=O)cc1.Cc1ccc(-n2c(C)ccc(C(=O)NCc3ccc(Cl)cc3)c2=O)cc1Cl.Cc1ccc(C(=O)NCc2ccc(S(N)(=O)=O)cc2)c(=O)n1-c1cccc(Cl)c1. The summed E-state index contributed by atoms with van der Waals surface area (Å²) in [5.74, 6) is -0.649. The summed E-state index contributed by atoms with van der Waals surface area (Å²) in [6, 6.07) is 47.6. The molecule has 16 nitrogen and oxygen atoms in total. The standard InChI is InChI=1S/C22H21ClN2O3.C21H18Cl2N2O2.C20H18ClN3O4S/c1-14-4-8-17(12-20(14)23)25-15(2)5-11-19(22(25)27)21(26)24-13-16-6-9-18(28-3)10-7-16;1-13-3-9-17(11-19(13)23)25-14(2)4-10-18(21(25)27)20(26)24-12-15-5-7-16(22)8-6-15;1-13-5-10-18(20(26)24(13)16-4-2-3-15(21)11-16)19(25)23-12-14-6-8-17(9-7-14)29(22,27)28/h4-12H,13H2,1-3H3,(H,24,26);3-11H,12H2,1-2H3,(H,24,26);2-11H,12H2,1H3,(H,23,25)(H2,22,27,28). The number of amides is 3. The first-order chi connectivity index (χ1) is 39.9. The van der Waals surface area contributed by atoms with E-state index < -0.39 is 33.3 Å². The van der Waals surface area contributed by atoms with Crippen LogP contribution in [0.5, 0.6) is 5.75 Å². The number of halogens is 4. The number of hydrogen-bond donors (Lipinski definition) is 4. The number of hydrogen-bond acceptors (Lipinski definition) is 9. The average Bonchev–Trinajstić information content (AvgIpc) is 3.53. The van der Waals surface area contributed by atoms with Crippen LogP contribution in [0.15, 0.2) is 189 Å². The number of rotatable bonds is 14. The number of methoxy groups -OCH3 is 1. The number of carbonyl (C=O) groups is 3. The molecule has 9 aromatic rings. The van der Waals surface area contributed by atoms with E-state index in [1.54, 1.807) is 105 Å². The highest BCUT2D eigenvalue weighted by Crippen LogP contribution is 2.22. The Morgan fingerprint density at radius 2 is 0.810 bits per heavy atom. The van der Waals surface area contributed by atoms with Crippen molar-refractivity contribution in [1.82, 2.24) is 29.7 Å². The molecule has 0 spiro atoms. The van der Waals surface area contributed by atoms with E-state index in [-0.39, 0.29) is 39.2 Å². The fourth-order valence-corrected chi connectivity index (χ4v) is 9.58. The zero-order valence-corrected chi connectivity index (χ0v) is 50.1. The molecule has 0 unspecified atom stereocenters. The highest BCUT2D eigenvalue weighted by molar-refractivity contribution is 7.89. The predicted molar refractivity (Wildman–Crippen MR) is 331 cm³/mol. The smallest absolute Gasteiger partial charge is 0.268 e. The lowest BCUT2D eigenvalue weighted by Crippen LogP contribution is -2.33. The van der Waals surface area contributed by atoms with Crippen LogP contribution in [0, 0.1) is 34.6 Å². The molecule has 0 aliphatic heterocycles. The van der Waals surface area contributed by atoms with Crippen molar-refractivity contribution in [2.45, 2.75) is 59.1 Å². The van der Waals surface area contributed by atoms with Crippen molar-refractivity contribution >= 4 is 74.1 Å². The number of carbonyl (C=O) groups excluding carboxylic acids is 3. The number of aryl methyl sites for hydroxylation is 5. The molecule has 3 amide bonds. The second kappa shape index (κ2) is 28.1. The number of ether oxygens (including phenoxy) is 1. The monoisotopic (exact) mass is 1230 g/mol. The lowest BCUT2D eigenvalue weighted by Gasteiger charge is -2.13. The largest absolute Gasteiger partial charge is 0.497 e. The second-order valence-corrected chi connectivity index (χ2v) is 22.4. The van der Waals surface area contributed by atoms with Gasteiger partial charge in [0, 0.05) is 56.8 Å². The van der Waals surface area contributed by atoms with Gasteiger partial charge in [-0.1, -0.05) is 101 Å². The van der Waals surface area contributed by atoms with E-state index in [0.29, 0.717) is 67.2 Å². The highest BCUT2D eigenvalue weighted by Gasteiger charge is 2.19. The topological polar surface area (TPSA) is 223 Å². The maximum absolute atomic E-state index is 13.0. The molecule has 0 saturated carbocycles. The Kier molecular flexibility index (Phi) is 21.1. The first-order valence-electron chi connectivity index (χ1n) is 25.7. The first-order valence-corrected chi connectivity index (χ1v) is 28.8. The number of aromatic nitrogens is 3. The highest BCUT2D eigenvalue weighted by atomic mass is 35.5. The summed E-state index contributed by atoms with van der Waals surface area (Å²) in [5, 5.41) is 15.5. The van der Waals surface area contributed by atoms with Crippen molar-refractivity contribution in [1.29, 1.82) is 0 Å². The van der Waals surface area contributed by atoms with E-state index in [0.717, 1.165) is 33.7 Å². The molecular weight excluding hydrogens is 1170 g/mol. The van der Waals surface area contributed by atoms with Crippen LogP contribution in [0.3, 0.4) is 0 Å². The van der Waals surface area contributed by atoms with Gasteiger partial charge in [-0.25, -0.2) is 13.6 Å². The predicted octanol–water partition coefficient (Wildman–Crippen LogP) is 11.1. The summed E-state index contributed by atoms with van der Waals surface area (Å²) in [6.07, 6.45) is 0. The van der Waals surface area contributed by atoms with Crippen LogP contribution in [0.4, 0.5) is 0 Å². The number of pyridine rings is 3. The molecule has 9 rings (SSSR count). The van der Waals surface area contributed by atoms with Gasteiger partial charge in [0.25, 0.3) is 34.4 Å². The third-order valence-electron chi connectivity index (χ3n) is 13.1. The minimum atomic E-state index is -3.78. The van der Waals surface area contributed by atoms with Crippen molar-refractivity contribution in [2.24, 2.45) is 5.14 Å². The average molecular weight is 1230 g/mol. The molecule has 5 N–H and O–H groups in total. The molecule has 0 aliphatic rings. The molecule has 21 heteroatoms. The molecule has 6 aromatic carbocycles. The molecule has 3 heterocycles. The molecule has 0 fully saturated rings. The zero-order chi connectivity index (χ0) is 61.0. The zero-order valence-electron chi connectivity index (χ0n) is 46.3. The number of benzene rings is 6. The van der Waals surface area contributed by atoms with E-state index in [1.165, 1.54) is 31.9 Å². The van der Waals surface area contributed by atoms with Crippen molar-refractivity contribution < 1.29 is 27.5 Å². The Morgan fingerprint density at radius 1 is 0.452 bits per heavy atom. The van der Waals surface area contributed by atoms with Gasteiger partial charge >= 0.3 is 0 Å². The molecule has 0 atom stereocenters. The van der Waals surface area contributed by atoms with Gasteiger partial charge in [0.05, 0.1) is 29.1 Å². The Bertz CT molecular complexity index is 4230. The molecule has 0 aliphatic carbocycles. The van der Waals surface area contributed by atoms with Crippen LogP contribution in [-0.4, -0.2) is 47.0 Å². The minimum absolute atomic E-state index is 0.0169. The molecular formula is C63H57Cl4N7O9S. The summed E-state index contributed by atoms with van der Waals surface area (Å²) in [6.45, 7) is 9.91. The van der Waals surface area contributed by atoms with E-state index >= 15 is 0 Å². The van der Waals surface area contributed by atoms with Gasteiger partial charge < -0.3 is 20.7 Å². The summed E-state index contributed by atoms with van der Waals surface area (Å²) >= 11 is 24.3. The fourth-order valence-electron chi connectivity index (χ4n) is 8.40. The van der Waals surface area contributed by atoms with E-state index in [2.05, 4.69) is 16.0 Å². The Hall–Kier alpha value is -8.55. The maximum Gasteiger partial charge on any atom is 0.268 e. The van der Waals surface area contributed by atoms with Gasteiger partial charge in [-0.2, -0.15) is 0 Å². The Labute approximate surface area is 505 Å². The lowest BCUT2D eigenvalue weighted by atomic mass is 10.1. The number of nitrogens with two attached hydrogens (primary N) is 1. The number of nitrogens with one attached hydrogen (secondary N) is 3. The van der Waals surface area contributed by atoms with Gasteiger partial charge in [0.1, 0.15) is 22.4 Å². The first kappa shape index (κ1) is 63.0. The van der Waals surface area contributed by atoms with Crippen LogP contribution in [-0.2, 0) is 29.7 Å². The fraction of sp³-hybridized carbons (Fsp3) is 0.143. The second-order valence-electron chi connectivity index (χ2n) is 19.1. The van der Waals surface area contributed by atoms with Gasteiger partial charge in [0.2, 0.25) is 10.0 Å². The summed E-state index contributed by atoms with van der Waals surface area (Å²) in [5.41, 5.74) is 7.12. The summed E-state index contributed by atoms with van der Waals surface area (Å²) in [4.78, 5) is 76.5. The molecule has 84 heavy (non-hydrogen) atoms. The molecule has 0 bridgehead atoms. The normalized spacial score (nSPS) is 10.8. The van der Waals surface area contributed by atoms with Gasteiger partial charge in [-0.3, -0.25) is 42.5 Å². The summed E-state index contributed by atoms with van der Waals surface area (Å²) < 4.78 is 32.1. The van der Waals surface area contributed by atoms with Crippen molar-refractivity contribution in [2.75, 3.05) is 7.11 Å². The Morgan fingerprint density at radius 3 is 1.15 bits per heavy atom. The number of nitrogens with zero attached hydrogens (tertiary/aromatic N) is 3. The van der Waals surface area contributed by atoms with Crippen LogP contribution < -0.4 is 42.5 Å². The summed E-state index contributed by atoms with van der Waals surface area (Å²) in [7, 11) is -2.18. The maximum atomic E-state index is 13.0. The van der Waals surface area contributed by atoms with Gasteiger partial charge in [0.15, 0.2) is 0 Å². The van der Waals surface area contributed by atoms with Crippen LogP contribution in [0.1, 0.15) is 76.0 Å². The Balaban J connectivity index is 0.000000181. The third kappa shape index (κ3) is 16.0. The molecule has 3 aromatic heterocycles. The molecule has 432 valence electrons. The van der Waals surface area contributed by atoms with Crippen LogP contribution >= 0.6 is 46.4 Å². The third-order valence-corrected chi connectivity index (χ3v) is 15.4. The van der Waals surface area contributed by atoms with E-state index in [4.69, 9.17) is 56.3 Å². The van der Waals surface area contributed by atoms with Crippen LogP contribution in [0.25, 0.3) is 17.1 Å². The molecule has 0 saturated heterocycles. The number of primary sulfonamides is 1. The van der Waals surface area contributed by atoms with Crippen molar-refractivity contribution in [3.63, 3.8) is 0 Å². The quantitative estimate of drug-likeness (QED) is 0.0812. The van der Waals surface area contributed by atoms with E-state index in [9.17, 15) is 37.2 Å². The van der Waals surface area contributed by atoms with Crippen molar-refractivity contribution in [3.05, 3.63) is 283 Å². The van der Waals surface area contributed by atoms with Crippen LogP contribution in [0.2, 0.25) is 20.1 Å². The van der Waals surface area contributed by atoms with Crippen molar-refractivity contribution in [3.8, 4) is 22.8 Å². The lowest BCUT2D eigenvalue weighted by molar-refractivity contribution is 0.0941. The minimum Gasteiger partial charge on any atom is -0.497 e. The van der Waals surface area contributed by atoms with E-state index in [1.807, 2.05) is 88.4 Å². The number of sulfonamides is 1.